The highest BCUT2D eigenvalue weighted by molar-refractivity contribution is 7.19. The van der Waals surface area contributed by atoms with Gasteiger partial charge >= 0.3 is 0 Å². The molecule has 136 valence electrons. The zero-order valence-corrected chi connectivity index (χ0v) is 16.3. The van der Waals surface area contributed by atoms with E-state index in [0.717, 1.165) is 33.3 Å². The van der Waals surface area contributed by atoms with Crippen LogP contribution in [0, 0.1) is 6.92 Å². The Morgan fingerprint density at radius 2 is 2.07 bits per heavy atom. The third kappa shape index (κ3) is 3.43. The lowest BCUT2D eigenvalue weighted by molar-refractivity contribution is 0.102. The lowest BCUT2D eigenvalue weighted by Crippen LogP contribution is -2.11. The second-order valence-corrected chi connectivity index (χ2v) is 7.43. The largest absolute Gasteiger partial charge is 0.322 e. The van der Waals surface area contributed by atoms with E-state index in [9.17, 15) is 4.79 Å². The van der Waals surface area contributed by atoms with Crippen molar-refractivity contribution in [2.24, 2.45) is 0 Å². The smallest absolute Gasteiger partial charge is 0.255 e. The van der Waals surface area contributed by atoms with Crippen LogP contribution in [0.3, 0.4) is 0 Å². The molecule has 0 unspecified atom stereocenters. The molecule has 0 atom stereocenters. The van der Waals surface area contributed by atoms with Gasteiger partial charge in [-0.25, -0.2) is 0 Å². The molecule has 27 heavy (non-hydrogen) atoms. The van der Waals surface area contributed by atoms with Gasteiger partial charge in [0.1, 0.15) is 5.01 Å². The predicted octanol–water partition coefficient (Wildman–Crippen LogP) is 4.63. The van der Waals surface area contributed by atoms with Gasteiger partial charge in [-0.1, -0.05) is 48.1 Å². The minimum Gasteiger partial charge on any atom is -0.322 e. The minimum atomic E-state index is -0.208. The summed E-state index contributed by atoms with van der Waals surface area (Å²) in [7, 11) is 0. The first-order valence-corrected chi connectivity index (χ1v) is 9.63. The number of rotatable bonds is 4. The summed E-state index contributed by atoms with van der Waals surface area (Å²) >= 11 is 7.58. The molecule has 4 rings (SSSR count). The third-order valence-corrected chi connectivity index (χ3v) is 5.53. The molecule has 2 aromatic carbocycles. The predicted molar refractivity (Wildman–Crippen MR) is 108 cm³/mol. The second kappa shape index (κ2) is 7.09. The van der Waals surface area contributed by atoms with Crippen molar-refractivity contribution < 1.29 is 4.79 Å². The Morgan fingerprint density at radius 3 is 2.85 bits per heavy atom. The van der Waals surface area contributed by atoms with Crippen LogP contribution >= 0.6 is 22.9 Å². The maximum absolute atomic E-state index is 12.5. The molecule has 4 aromatic rings. The van der Waals surface area contributed by atoms with Crippen molar-refractivity contribution >= 4 is 39.5 Å². The van der Waals surface area contributed by atoms with Gasteiger partial charge in [0.25, 0.3) is 5.91 Å². The van der Waals surface area contributed by atoms with Crippen LogP contribution in [0.4, 0.5) is 5.69 Å². The van der Waals surface area contributed by atoms with Crippen molar-refractivity contribution in [1.29, 1.82) is 0 Å². The molecule has 0 saturated carbocycles. The highest BCUT2D eigenvalue weighted by atomic mass is 35.5. The molecule has 8 heteroatoms. The lowest BCUT2D eigenvalue weighted by Gasteiger charge is -2.07. The Hall–Kier alpha value is -2.77. The van der Waals surface area contributed by atoms with Gasteiger partial charge in [-0.15, -0.1) is 10.2 Å². The number of nitrogens with zero attached hydrogens (tertiary/aromatic N) is 4. The van der Waals surface area contributed by atoms with Crippen LogP contribution in [0.15, 0.2) is 42.5 Å². The fraction of sp³-hybridized carbons (Fsp3) is 0.158. The number of hydrogen-bond acceptors (Lipinski definition) is 5. The number of amides is 1. The van der Waals surface area contributed by atoms with Gasteiger partial charge < -0.3 is 5.32 Å². The zero-order chi connectivity index (χ0) is 19.0. The molecule has 1 N–H and O–H groups in total. The van der Waals surface area contributed by atoms with E-state index in [1.54, 1.807) is 16.6 Å². The molecule has 0 aliphatic carbocycles. The molecule has 1 amide bonds. The van der Waals surface area contributed by atoms with Gasteiger partial charge in [-0.2, -0.15) is 9.61 Å². The van der Waals surface area contributed by atoms with E-state index >= 15 is 0 Å². The normalized spacial score (nSPS) is 11.1. The van der Waals surface area contributed by atoms with Crippen molar-refractivity contribution in [3.8, 4) is 10.6 Å². The lowest BCUT2D eigenvalue weighted by atomic mass is 10.1. The van der Waals surface area contributed by atoms with Crippen LogP contribution in [0.25, 0.3) is 15.5 Å². The Balaban J connectivity index is 1.60. The van der Waals surface area contributed by atoms with E-state index in [1.165, 1.54) is 11.3 Å². The van der Waals surface area contributed by atoms with Gasteiger partial charge in [0.15, 0.2) is 5.82 Å². The fourth-order valence-corrected chi connectivity index (χ4v) is 3.70. The van der Waals surface area contributed by atoms with E-state index in [1.807, 2.05) is 44.2 Å². The van der Waals surface area contributed by atoms with Crippen LogP contribution < -0.4 is 5.32 Å². The zero-order valence-electron chi connectivity index (χ0n) is 14.7. The molecule has 0 aliphatic heterocycles. The maximum atomic E-state index is 12.5. The summed E-state index contributed by atoms with van der Waals surface area (Å²) in [4.78, 5) is 13.3. The number of halogens is 1. The number of aromatic nitrogens is 4. The summed E-state index contributed by atoms with van der Waals surface area (Å²) in [6, 6.07) is 12.8. The second-order valence-electron chi connectivity index (χ2n) is 6.07. The van der Waals surface area contributed by atoms with Crippen molar-refractivity contribution in [2.45, 2.75) is 20.3 Å². The van der Waals surface area contributed by atoms with E-state index in [0.29, 0.717) is 16.3 Å². The molecule has 2 heterocycles. The van der Waals surface area contributed by atoms with Gasteiger partial charge in [0.2, 0.25) is 4.96 Å². The van der Waals surface area contributed by atoms with Crippen LogP contribution in [-0.4, -0.2) is 25.7 Å². The SMILES string of the molecule is CCc1nnc2sc(-c3cccc(NC(=O)c4ccc(C)c(Cl)c4)c3)nn12. The summed E-state index contributed by atoms with van der Waals surface area (Å²) in [5, 5.41) is 17.2. The summed E-state index contributed by atoms with van der Waals surface area (Å²) in [6.07, 6.45) is 0.763. The Labute approximate surface area is 164 Å². The molecule has 0 saturated heterocycles. The van der Waals surface area contributed by atoms with E-state index in [4.69, 9.17) is 11.6 Å². The third-order valence-electron chi connectivity index (χ3n) is 4.17. The topological polar surface area (TPSA) is 72.2 Å². The average molecular weight is 398 g/mol. The maximum Gasteiger partial charge on any atom is 0.255 e. The van der Waals surface area contributed by atoms with Gasteiger partial charge in [0.05, 0.1) is 0 Å². The van der Waals surface area contributed by atoms with E-state index in [2.05, 4.69) is 20.6 Å². The van der Waals surface area contributed by atoms with Crippen molar-refractivity contribution in [3.63, 3.8) is 0 Å². The van der Waals surface area contributed by atoms with Crippen LogP contribution in [0.5, 0.6) is 0 Å². The molecular formula is C19H16ClN5OS. The summed E-state index contributed by atoms with van der Waals surface area (Å²) < 4.78 is 1.76. The Kier molecular flexibility index (Phi) is 4.63. The van der Waals surface area contributed by atoms with Crippen molar-refractivity contribution in [2.75, 3.05) is 5.32 Å². The first kappa shape index (κ1) is 17.6. The van der Waals surface area contributed by atoms with Crippen molar-refractivity contribution in [3.05, 3.63) is 64.4 Å². The first-order valence-electron chi connectivity index (χ1n) is 8.44. The van der Waals surface area contributed by atoms with Crippen LogP contribution in [0.1, 0.15) is 28.7 Å². The number of fused-ring (bicyclic) bond motifs is 1. The molecule has 0 radical (unpaired) electrons. The van der Waals surface area contributed by atoms with Crippen molar-refractivity contribution in [1.82, 2.24) is 19.8 Å². The molecular weight excluding hydrogens is 382 g/mol. The monoisotopic (exact) mass is 397 g/mol. The average Bonchev–Trinajstić information content (AvgIpc) is 3.24. The molecule has 0 spiro atoms. The standard InChI is InChI=1S/C19H16ClN5OS/c1-3-16-22-23-19-25(16)24-18(27-19)13-5-4-6-14(9-13)21-17(26)12-8-7-11(2)15(20)10-12/h4-10H,3H2,1-2H3,(H,21,26). The van der Waals surface area contributed by atoms with Crippen LogP contribution in [-0.2, 0) is 6.42 Å². The van der Waals surface area contributed by atoms with Gasteiger partial charge in [0, 0.05) is 28.3 Å². The number of carbonyl (C=O) groups excluding carboxylic acids is 1. The van der Waals surface area contributed by atoms with E-state index in [-0.39, 0.29) is 5.91 Å². The number of carbonyl (C=O) groups is 1. The highest BCUT2D eigenvalue weighted by Crippen LogP contribution is 2.28. The quantitative estimate of drug-likeness (QED) is 0.545. The summed E-state index contributed by atoms with van der Waals surface area (Å²) in [5.41, 5.74) is 3.05. The fourth-order valence-electron chi connectivity index (χ4n) is 2.66. The minimum absolute atomic E-state index is 0.208. The molecule has 0 bridgehead atoms. The number of anilines is 1. The Morgan fingerprint density at radius 1 is 1.22 bits per heavy atom. The summed E-state index contributed by atoms with van der Waals surface area (Å²) in [6.45, 7) is 3.92. The van der Waals surface area contributed by atoms with Crippen LogP contribution in [0.2, 0.25) is 5.02 Å². The molecule has 6 nitrogen and oxygen atoms in total. The number of benzene rings is 2. The molecule has 0 fully saturated rings. The number of hydrogen-bond donors (Lipinski definition) is 1. The Bertz CT molecular complexity index is 1150. The van der Waals surface area contributed by atoms with Gasteiger partial charge in [-0.3, -0.25) is 4.79 Å². The van der Waals surface area contributed by atoms with E-state index < -0.39 is 0 Å². The molecule has 0 aliphatic rings. The van der Waals surface area contributed by atoms with Gasteiger partial charge in [-0.05, 0) is 36.8 Å². The summed E-state index contributed by atoms with van der Waals surface area (Å²) in [5.74, 6) is 0.619. The molecule has 2 aromatic heterocycles. The highest BCUT2D eigenvalue weighted by Gasteiger charge is 2.13. The number of aryl methyl sites for hydroxylation is 2. The first-order chi connectivity index (χ1) is 13.0. The number of nitrogens with one attached hydrogen (secondary N) is 1.